The van der Waals surface area contributed by atoms with Gasteiger partial charge in [0.2, 0.25) is 0 Å². The fourth-order valence-corrected chi connectivity index (χ4v) is 3.01. The number of nitrogens with one attached hydrogen (secondary N) is 1. The maximum atomic E-state index is 9.40. The fraction of sp³-hybridized carbons (Fsp3) is 0.667. The lowest BCUT2D eigenvalue weighted by Crippen LogP contribution is -2.35. The first-order valence-corrected chi connectivity index (χ1v) is 8.19. The second kappa shape index (κ2) is 7.81. The Labute approximate surface area is 128 Å². The minimum Gasteiger partial charge on any atom is -0.493 e. The zero-order valence-electron chi connectivity index (χ0n) is 13.5. The standard InChI is InChI=1S/C18H29NO2/c1-13(2)12-21-17-9-7-15(8-10-17)14(3)19-18-6-4-5-16(18)11-20/h7-10,13-14,16,18-20H,4-6,11-12H2,1-3H3. The van der Waals surface area contributed by atoms with Crippen LogP contribution in [0.4, 0.5) is 0 Å². The van der Waals surface area contributed by atoms with Crippen LogP contribution in [0.5, 0.6) is 5.75 Å². The van der Waals surface area contributed by atoms with Crippen LogP contribution < -0.4 is 10.1 Å². The Morgan fingerprint density at radius 3 is 2.52 bits per heavy atom. The average molecular weight is 291 g/mol. The van der Waals surface area contributed by atoms with Crippen molar-refractivity contribution in [3.63, 3.8) is 0 Å². The van der Waals surface area contributed by atoms with Crippen molar-refractivity contribution in [2.24, 2.45) is 11.8 Å². The van der Waals surface area contributed by atoms with Crippen molar-refractivity contribution in [3.05, 3.63) is 29.8 Å². The van der Waals surface area contributed by atoms with Crippen molar-refractivity contribution in [1.29, 1.82) is 0 Å². The summed E-state index contributed by atoms with van der Waals surface area (Å²) in [6, 6.07) is 9.12. The molecule has 0 saturated heterocycles. The SMILES string of the molecule is CC(C)COc1ccc(C(C)NC2CCCC2CO)cc1. The zero-order valence-corrected chi connectivity index (χ0v) is 13.5. The molecule has 1 aliphatic carbocycles. The summed E-state index contributed by atoms with van der Waals surface area (Å²) >= 11 is 0. The quantitative estimate of drug-likeness (QED) is 0.807. The molecule has 0 heterocycles. The minimum absolute atomic E-state index is 0.298. The van der Waals surface area contributed by atoms with Crippen molar-refractivity contribution < 1.29 is 9.84 Å². The van der Waals surface area contributed by atoms with Crippen molar-refractivity contribution >= 4 is 0 Å². The van der Waals surface area contributed by atoms with E-state index in [1.165, 1.54) is 18.4 Å². The van der Waals surface area contributed by atoms with E-state index in [-0.39, 0.29) is 0 Å². The first-order valence-electron chi connectivity index (χ1n) is 8.19. The molecule has 0 radical (unpaired) electrons. The predicted molar refractivity (Wildman–Crippen MR) is 86.5 cm³/mol. The minimum atomic E-state index is 0.298. The summed E-state index contributed by atoms with van der Waals surface area (Å²) in [6.07, 6.45) is 3.53. The Balaban J connectivity index is 1.88. The fourth-order valence-electron chi connectivity index (χ4n) is 3.01. The zero-order chi connectivity index (χ0) is 15.2. The van der Waals surface area contributed by atoms with Crippen LogP contribution in [0.2, 0.25) is 0 Å². The van der Waals surface area contributed by atoms with Gasteiger partial charge in [0.15, 0.2) is 0 Å². The Morgan fingerprint density at radius 2 is 1.90 bits per heavy atom. The lowest BCUT2D eigenvalue weighted by molar-refractivity contribution is 0.200. The third kappa shape index (κ3) is 4.72. The summed E-state index contributed by atoms with van der Waals surface area (Å²) < 4.78 is 5.72. The topological polar surface area (TPSA) is 41.5 Å². The molecule has 0 spiro atoms. The van der Waals surface area contributed by atoms with E-state index in [2.05, 4.69) is 38.2 Å². The third-order valence-electron chi connectivity index (χ3n) is 4.32. The molecule has 2 N–H and O–H groups in total. The maximum Gasteiger partial charge on any atom is 0.119 e. The van der Waals surface area contributed by atoms with Gasteiger partial charge in [-0.25, -0.2) is 0 Å². The molecule has 2 rings (SSSR count). The van der Waals surface area contributed by atoms with Crippen LogP contribution >= 0.6 is 0 Å². The molecule has 0 bridgehead atoms. The summed E-state index contributed by atoms with van der Waals surface area (Å²) in [5.74, 6) is 1.90. The van der Waals surface area contributed by atoms with Gasteiger partial charge in [-0.15, -0.1) is 0 Å². The number of aliphatic hydroxyl groups is 1. The van der Waals surface area contributed by atoms with Crippen LogP contribution in [0.1, 0.15) is 51.6 Å². The molecule has 0 aromatic heterocycles. The molecule has 0 amide bonds. The van der Waals surface area contributed by atoms with E-state index in [4.69, 9.17) is 4.74 Å². The largest absolute Gasteiger partial charge is 0.493 e. The number of hydrogen-bond acceptors (Lipinski definition) is 3. The number of rotatable bonds is 7. The Bertz CT molecular complexity index is 416. The van der Waals surface area contributed by atoms with Gasteiger partial charge in [0.1, 0.15) is 5.75 Å². The van der Waals surface area contributed by atoms with Gasteiger partial charge in [0.05, 0.1) is 6.61 Å². The van der Waals surface area contributed by atoms with E-state index < -0.39 is 0 Å². The molecule has 1 saturated carbocycles. The molecule has 118 valence electrons. The second-order valence-electron chi connectivity index (χ2n) is 6.64. The van der Waals surface area contributed by atoms with Crippen LogP contribution in [-0.2, 0) is 0 Å². The van der Waals surface area contributed by atoms with Crippen molar-refractivity contribution in [2.75, 3.05) is 13.2 Å². The van der Waals surface area contributed by atoms with E-state index in [1.54, 1.807) is 0 Å². The summed E-state index contributed by atoms with van der Waals surface area (Å²) in [7, 11) is 0. The van der Waals surface area contributed by atoms with Gasteiger partial charge < -0.3 is 15.2 Å². The summed E-state index contributed by atoms with van der Waals surface area (Å²) in [6.45, 7) is 7.55. The molecule has 21 heavy (non-hydrogen) atoms. The van der Waals surface area contributed by atoms with Crippen LogP contribution in [0, 0.1) is 11.8 Å². The maximum absolute atomic E-state index is 9.40. The molecule has 1 aromatic rings. The van der Waals surface area contributed by atoms with Crippen molar-refractivity contribution in [1.82, 2.24) is 5.32 Å². The Morgan fingerprint density at radius 1 is 1.19 bits per heavy atom. The number of ether oxygens (including phenoxy) is 1. The third-order valence-corrected chi connectivity index (χ3v) is 4.32. The number of aliphatic hydroxyl groups excluding tert-OH is 1. The van der Waals surface area contributed by atoms with Gasteiger partial charge >= 0.3 is 0 Å². The molecule has 1 aliphatic rings. The van der Waals surface area contributed by atoms with Crippen LogP contribution in [0.15, 0.2) is 24.3 Å². The van der Waals surface area contributed by atoms with E-state index in [0.29, 0.717) is 30.5 Å². The molecule has 3 atom stereocenters. The van der Waals surface area contributed by atoms with E-state index >= 15 is 0 Å². The Kier molecular flexibility index (Phi) is 6.07. The van der Waals surface area contributed by atoms with E-state index in [1.807, 2.05) is 12.1 Å². The van der Waals surface area contributed by atoms with E-state index in [0.717, 1.165) is 18.8 Å². The highest BCUT2D eigenvalue weighted by atomic mass is 16.5. The highest BCUT2D eigenvalue weighted by Crippen LogP contribution is 2.28. The van der Waals surface area contributed by atoms with Gasteiger partial charge in [-0.2, -0.15) is 0 Å². The monoisotopic (exact) mass is 291 g/mol. The molecule has 1 fully saturated rings. The molecule has 1 aromatic carbocycles. The van der Waals surface area contributed by atoms with Gasteiger partial charge in [-0.1, -0.05) is 32.4 Å². The highest BCUT2D eigenvalue weighted by Gasteiger charge is 2.27. The average Bonchev–Trinajstić information content (AvgIpc) is 2.92. The van der Waals surface area contributed by atoms with Gasteiger partial charge in [0.25, 0.3) is 0 Å². The molecular formula is C18H29NO2. The first-order chi connectivity index (χ1) is 10.1. The summed E-state index contributed by atoms with van der Waals surface area (Å²) in [5.41, 5.74) is 1.27. The molecule has 0 aliphatic heterocycles. The number of hydrogen-bond donors (Lipinski definition) is 2. The normalized spacial score (nSPS) is 23.5. The molecule has 3 unspecified atom stereocenters. The molecule has 3 heteroatoms. The van der Waals surface area contributed by atoms with Crippen molar-refractivity contribution in [3.8, 4) is 5.75 Å². The van der Waals surface area contributed by atoms with Gasteiger partial charge in [-0.05, 0) is 49.3 Å². The predicted octanol–water partition coefficient (Wildman–Crippen LogP) is 3.53. The highest BCUT2D eigenvalue weighted by molar-refractivity contribution is 5.29. The van der Waals surface area contributed by atoms with Gasteiger partial charge in [-0.3, -0.25) is 0 Å². The lowest BCUT2D eigenvalue weighted by atomic mass is 10.0. The Hall–Kier alpha value is -1.06. The summed E-state index contributed by atoms with van der Waals surface area (Å²) in [5, 5.41) is 13.1. The molecular weight excluding hydrogens is 262 g/mol. The number of benzene rings is 1. The van der Waals surface area contributed by atoms with Crippen molar-refractivity contribution in [2.45, 2.75) is 52.1 Å². The van der Waals surface area contributed by atoms with Crippen LogP contribution in [-0.4, -0.2) is 24.4 Å². The summed E-state index contributed by atoms with van der Waals surface area (Å²) in [4.78, 5) is 0. The lowest BCUT2D eigenvalue weighted by Gasteiger charge is -2.24. The smallest absolute Gasteiger partial charge is 0.119 e. The van der Waals surface area contributed by atoms with E-state index in [9.17, 15) is 5.11 Å². The first kappa shape index (κ1) is 16.3. The van der Waals surface area contributed by atoms with Gasteiger partial charge in [0, 0.05) is 18.7 Å². The molecule has 3 nitrogen and oxygen atoms in total. The second-order valence-corrected chi connectivity index (χ2v) is 6.64. The van der Waals surface area contributed by atoms with Crippen LogP contribution in [0.3, 0.4) is 0 Å². The van der Waals surface area contributed by atoms with Crippen LogP contribution in [0.25, 0.3) is 0 Å².